The Morgan fingerprint density at radius 2 is 1.81 bits per heavy atom. The van der Waals surface area contributed by atoms with Crippen LogP contribution in [0.25, 0.3) is 0 Å². The van der Waals surface area contributed by atoms with Gasteiger partial charge in [0, 0.05) is 6.42 Å². The summed E-state index contributed by atoms with van der Waals surface area (Å²) in [4.78, 5) is 33.1. The summed E-state index contributed by atoms with van der Waals surface area (Å²) in [6.45, 7) is 3.65. The van der Waals surface area contributed by atoms with Crippen molar-refractivity contribution in [2.45, 2.75) is 32.2 Å². The molecule has 0 fully saturated rings. The van der Waals surface area contributed by atoms with Gasteiger partial charge < -0.3 is 20.0 Å². The number of rotatable bonds is 7. The molecule has 6 nitrogen and oxygen atoms in total. The van der Waals surface area contributed by atoms with Crippen LogP contribution in [0.5, 0.6) is 0 Å². The third-order valence-corrected chi connectivity index (χ3v) is 1.91. The Morgan fingerprint density at radius 3 is 2.25 bits per heavy atom. The lowest BCUT2D eigenvalue weighted by atomic mass is 9.97. The highest BCUT2D eigenvalue weighted by molar-refractivity contribution is 5.98. The molecule has 0 radical (unpaired) electrons. The van der Waals surface area contributed by atoms with Gasteiger partial charge in [0.2, 0.25) is 0 Å². The maximum atomic E-state index is 11.3. The first-order chi connectivity index (χ1) is 7.50. The summed E-state index contributed by atoms with van der Waals surface area (Å²) in [6, 6.07) is 0. The van der Waals surface area contributed by atoms with E-state index >= 15 is 0 Å². The van der Waals surface area contributed by atoms with Crippen molar-refractivity contribution in [2.24, 2.45) is 5.73 Å². The second-order valence-corrected chi connectivity index (χ2v) is 3.18. The predicted octanol–water partition coefficient (Wildman–Crippen LogP) is -0.211. The third-order valence-electron chi connectivity index (χ3n) is 1.91. The minimum Gasteiger partial charge on any atom is -0.466 e. The second kappa shape index (κ2) is 6.95. The highest BCUT2D eigenvalue weighted by atomic mass is 16.5. The molecule has 0 aromatic rings. The van der Waals surface area contributed by atoms with Crippen molar-refractivity contribution in [1.29, 1.82) is 0 Å². The molecule has 2 N–H and O–H groups in total. The molecule has 0 spiro atoms. The summed E-state index contributed by atoms with van der Waals surface area (Å²) in [7, 11) is 0. The van der Waals surface area contributed by atoms with Crippen LogP contribution in [0.1, 0.15) is 26.7 Å². The van der Waals surface area contributed by atoms with Gasteiger partial charge in [-0.05, 0) is 20.3 Å². The van der Waals surface area contributed by atoms with E-state index in [0.29, 0.717) is 6.29 Å². The van der Waals surface area contributed by atoms with Crippen LogP contribution in [0.15, 0.2) is 0 Å². The molecule has 0 rings (SSSR count). The van der Waals surface area contributed by atoms with Gasteiger partial charge in [-0.25, -0.2) is 4.79 Å². The molecule has 0 aliphatic heterocycles. The number of nitrogens with two attached hydrogens (primary N) is 1. The van der Waals surface area contributed by atoms with E-state index in [-0.39, 0.29) is 26.1 Å². The lowest BCUT2D eigenvalue weighted by Gasteiger charge is -2.19. The first-order valence-electron chi connectivity index (χ1n) is 5.08. The highest BCUT2D eigenvalue weighted by Gasteiger charge is 2.35. The van der Waals surface area contributed by atoms with Crippen molar-refractivity contribution in [2.75, 3.05) is 13.2 Å². The van der Waals surface area contributed by atoms with Gasteiger partial charge in [0.05, 0.1) is 13.2 Å². The fourth-order valence-corrected chi connectivity index (χ4v) is 1.02. The molecule has 0 amide bonds. The second-order valence-electron chi connectivity index (χ2n) is 3.18. The van der Waals surface area contributed by atoms with Crippen LogP contribution in [0.4, 0.5) is 0 Å². The molecule has 0 saturated heterocycles. The quantitative estimate of drug-likeness (QED) is 0.370. The van der Waals surface area contributed by atoms with Gasteiger partial charge in [0.1, 0.15) is 0 Å². The normalized spacial score (nSPS) is 13.7. The largest absolute Gasteiger partial charge is 0.466 e. The van der Waals surface area contributed by atoms with Crippen LogP contribution in [-0.2, 0) is 23.9 Å². The van der Waals surface area contributed by atoms with Crippen molar-refractivity contribution in [1.82, 2.24) is 0 Å². The Balaban J connectivity index is 4.31. The molecule has 1 atom stereocenters. The lowest BCUT2D eigenvalue weighted by molar-refractivity contribution is -0.152. The van der Waals surface area contributed by atoms with Crippen LogP contribution in [0, 0.1) is 0 Å². The van der Waals surface area contributed by atoms with Crippen LogP contribution < -0.4 is 5.73 Å². The molecule has 16 heavy (non-hydrogen) atoms. The Labute approximate surface area is 94.1 Å². The maximum absolute atomic E-state index is 11.3. The first kappa shape index (κ1) is 14.6. The molecule has 0 aromatic heterocycles. The van der Waals surface area contributed by atoms with Crippen LogP contribution in [0.2, 0.25) is 0 Å². The van der Waals surface area contributed by atoms with E-state index in [4.69, 9.17) is 5.73 Å². The average Bonchev–Trinajstić information content (AvgIpc) is 2.26. The van der Waals surface area contributed by atoms with Crippen LogP contribution in [-0.4, -0.2) is 37.0 Å². The summed E-state index contributed by atoms with van der Waals surface area (Å²) >= 11 is 0. The van der Waals surface area contributed by atoms with E-state index in [1.165, 1.54) is 0 Å². The summed E-state index contributed by atoms with van der Waals surface area (Å²) in [5, 5.41) is 0. The summed E-state index contributed by atoms with van der Waals surface area (Å²) in [6.07, 6.45) is 0.0836. The smallest absolute Gasteiger partial charge is 0.333 e. The maximum Gasteiger partial charge on any atom is 0.333 e. The van der Waals surface area contributed by atoms with Gasteiger partial charge in [-0.15, -0.1) is 0 Å². The molecule has 0 unspecified atom stereocenters. The number of ether oxygens (including phenoxy) is 2. The van der Waals surface area contributed by atoms with Gasteiger partial charge in [0.15, 0.2) is 11.8 Å². The number of aldehydes is 1. The van der Waals surface area contributed by atoms with E-state index < -0.39 is 17.5 Å². The van der Waals surface area contributed by atoms with Gasteiger partial charge in [-0.1, -0.05) is 0 Å². The zero-order valence-corrected chi connectivity index (χ0v) is 9.52. The molecule has 92 valence electrons. The molecule has 0 aromatic carbocycles. The molecule has 0 heterocycles. The molecule has 0 bridgehead atoms. The first-order valence-corrected chi connectivity index (χ1v) is 5.08. The lowest BCUT2D eigenvalue weighted by Crippen LogP contribution is -2.51. The van der Waals surface area contributed by atoms with E-state index in [2.05, 4.69) is 9.47 Å². The Morgan fingerprint density at radius 1 is 1.25 bits per heavy atom. The minimum absolute atomic E-state index is 0.0953. The van der Waals surface area contributed by atoms with E-state index in [9.17, 15) is 14.4 Å². The molecular formula is C10H17NO5. The number of hydrogen-bond donors (Lipinski definition) is 1. The predicted molar refractivity (Wildman–Crippen MR) is 55.5 cm³/mol. The van der Waals surface area contributed by atoms with Gasteiger partial charge in [-0.3, -0.25) is 4.79 Å². The number of hydrogen-bond acceptors (Lipinski definition) is 6. The number of esters is 2. The topological polar surface area (TPSA) is 95.7 Å². The van der Waals surface area contributed by atoms with Crippen LogP contribution in [0.3, 0.4) is 0 Å². The van der Waals surface area contributed by atoms with Gasteiger partial charge in [-0.2, -0.15) is 0 Å². The average molecular weight is 231 g/mol. The van der Waals surface area contributed by atoms with Crippen molar-refractivity contribution in [3.05, 3.63) is 0 Å². The summed E-state index contributed by atoms with van der Waals surface area (Å²) in [5.74, 6) is -1.32. The summed E-state index contributed by atoms with van der Waals surface area (Å²) in [5.41, 5.74) is 3.76. The van der Waals surface area contributed by atoms with Crippen LogP contribution >= 0.6 is 0 Å². The fourth-order valence-electron chi connectivity index (χ4n) is 1.02. The molecule has 0 saturated carbocycles. The third kappa shape index (κ3) is 4.39. The van der Waals surface area contributed by atoms with E-state index in [0.717, 1.165) is 0 Å². The monoisotopic (exact) mass is 231 g/mol. The molecular weight excluding hydrogens is 214 g/mol. The van der Waals surface area contributed by atoms with Gasteiger partial charge >= 0.3 is 11.9 Å². The standard InChI is InChI=1S/C10H17NO5/c1-3-15-8(13)5-6-10(11,7-12)9(14)16-4-2/h7H,3-6,11H2,1-2H3/t10-/m1/s1. The fraction of sp³-hybridized carbons (Fsp3) is 0.700. The number of carbonyl (C=O) groups is 3. The minimum atomic E-state index is -1.76. The zero-order valence-electron chi connectivity index (χ0n) is 9.52. The van der Waals surface area contributed by atoms with E-state index in [1.807, 2.05) is 0 Å². The Bertz CT molecular complexity index is 266. The Kier molecular flexibility index (Phi) is 6.32. The van der Waals surface area contributed by atoms with Crippen molar-refractivity contribution >= 4 is 18.2 Å². The number of carbonyl (C=O) groups excluding carboxylic acids is 3. The molecule has 0 aliphatic carbocycles. The van der Waals surface area contributed by atoms with E-state index in [1.54, 1.807) is 13.8 Å². The summed E-state index contributed by atoms with van der Waals surface area (Å²) < 4.78 is 9.30. The van der Waals surface area contributed by atoms with Crippen molar-refractivity contribution < 1.29 is 23.9 Å². The SMILES string of the molecule is CCOC(=O)CC[C@@](N)(C=O)C(=O)OCC. The van der Waals surface area contributed by atoms with Gasteiger partial charge in [0.25, 0.3) is 0 Å². The Hall–Kier alpha value is -1.43. The highest BCUT2D eigenvalue weighted by Crippen LogP contribution is 2.10. The zero-order chi connectivity index (χ0) is 12.6. The molecule has 0 aliphatic rings. The molecule has 6 heteroatoms. The van der Waals surface area contributed by atoms with Crippen molar-refractivity contribution in [3.8, 4) is 0 Å². The van der Waals surface area contributed by atoms with Crippen molar-refractivity contribution in [3.63, 3.8) is 0 Å².